The van der Waals surface area contributed by atoms with Crippen LogP contribution >= 0.6 is 7.60 Å². The van der Waals surface area contributed by atoms with Crippen LogP contribution in [-0.2, 0) is 4.57 Å². The van der Waals surface area contributed by atoms with Crippen molar-refractivity contribution in [3.8, 4) is 0 Å². The first kappa shape index (κ1) is 10.9. The molecule has 0 aliphatic rings. The zero-order valence-electron chi connectivity index (χ0n) is 8.04. The number of fused-ring (bicyclic) bond motifs is 1. The number of H-pyrrole nitrogens is 1. The monoisotopic (exact) mass is 240 g/mol. The fraction of sp³-hybridized carbons (Fsp3) is 0. The van der Waals surface area contributed by atoms with Crippen molar-refractivity contribution in [1.29, 1.82) is 0 Å². The number of primary amides is 1. The second-order valence-corrected chi connectivity index (χ2v) is 4.94. The number of benzene rings is 1. The molecule has 2 aromatic rings. The number of hydrogen-bond donors (Lipinski definition) is 4. The van der Waals surface area contributed by atoms with Crippen LogP contribution in [0.15, 0.2) is 24.4 Å². The van der Waals surface area contributed by atoms with Gasteiger partial charge in [-0.15, -0.1) is 0 Å². The number of rotatable bonds is 2. The molecule has 1 aromatic carbocycles. The van der Waals surface area contributed by atoms with Gasteiger partial charge in [-0.25, -0.2) is 0 Å². The van der Waals surface area contributed by atoms with E-state index in [4.69, 9.17) is 15.5 Å². The number of nitrogens with two attached hydrogens (primary N) is 1. The first-order valence-corrected chi connectivity index (χ1v) is 5.98. The number of amides is 1. The van der Waals surface area contributed by atoms with Crippen molar-refractivity contribution in [2.24, 2.45) is 5.73 Å². The summed E-state index contributed by atoms with van der Waals surface area (Å²) in [6.07, 6.45) is 1.41. The van der Waals surface area contributed by atoms with Gasteiger partial charge < -0.3 is 20.5 Å². The van der Waals surface area contributed by atoms with Crippen LogP contribution in [0.4, 0.5) is 0 Å². The highest BCUT2D eigenvalue weighted by atomic mass is 31.2. The van der Waals surface area contributed by atoms with Gasteiger partial charge >= 0.3 is 7.60 Å². The third kappa shape index (κ3) is 1.74. The van der Waals surface area contributed by atoms with Gasteiger partial charge in [0.05, 0.1) is 10.9 Å². The first-order chi connectivity index (χ1) is 7.39. The van der Waals surface area contributed by atoms with Gasteiger partial charge in [0.1, 0.15) is 0 Å². The quantitative estimate of drug-likeness (QED) is 0.555. The van der Waals surface area contributed by atoms with Gasteiger partial charge in [0.15, 0.2) is 0 Å². The Morgan fingerprint density at radius 1 is 1.38 bits per heavy atom. The van der Waals surface area contributed by atoms with E-state index in [0.29, 0.717) is 10.9 Å². The van der Waals surface area contributed by atoms with E-state index < -0.39 is 13.5 Å². The lowest BCUT2D eigenvalue weighted by Gasteiger charge is -2.03. The molecule has 0 fully saturated rings. The summed E-state index contributed by atoms with van der Waals surface area (Å²) in [5.74, 6) is -0.644. The zero-order valence-corrected chi connectivity index (χ0v) is 8.94. The van der Waals surface area contributed by atoms with Crippen LogP contribution in [0.25, 0.3) is 10.9 Å². The van der Waals surface area contributed by atoms with Crippen molar-refractivity contribution in [3.05, 3.63) is 30.0 Å². The highest BCUT2D eigenvalue weighted by molar-refractivity contribution is 7.60. The summed E-state index contributed by atoms with van der Waals surface area (Å²) in [6.45, 7) is 0. The molecule has 0 aliphatic heterocycles. The summed E-state index contributed by atoms with van der Waals surface area (Å²) in [4.78, 5) is 31.8. The summed E-state index contributed by atoms with van der Waals surface area (Å²) in [5, 5.41) is 0.274. The molecule has 1 heterocycles. The second kappa shape index (κ2) is 3.45. The lowest BCUT2D eigenvalue weighted by molar-refractivity contribution is 0.100. The largest absolute Gasteiger partial charge is 0.366 e. The van der Waals surface area contributed by atoms with E-state index in [2.05, 4.69) is 4.98 Å². The van der Waals surface area contributed by atoms with Crippen LogP contribution in [0, 0.1) is 0 Å². The SMILES string of the molecule is NC(=O)c1c[nH]c2ccc(P(=O)(O)O)cc12. The molecule has 0 unspecified atom stereocenters. The van der Waals surface area contributed by atoms with Crippen molar-refractivity contribution in [2.75, 3.05) is 0 Å². The highest BCUT2D eigenvalue weighted by Gasteiger charge is 2.19. The molecule has 5 N–H and O–H groups in total. The van der Waals surface area contributed by atoms with Crippen LogP contribution in [0.3, 0.4) is 0 Å². The Balaban J connectivity index is 2.73. The lowest BCUT2D eigenvalue weighted by Crippen LogP contribution is -2.11. The maximum Gasteiger partial charge on any atom is 0.356 e. The van der Waals surface area contributed by atoms with E-state index in [0.717, 1.165) is 0 Å². The van der Waals surface area contributed by atoms with Gasteiger partial charge in [0.2, 0.25) is 0 Å². The molecule has 0 aliphatic carbocycles. The minimum atomic E-state index is -4.31. The van der Waals surface area contributed by atoms with Crippen molar-refractivity contribution in [1.82, 2.24) is 4.98 Å². The molecule has 0 saturated carbocycles. The lowest BCUT2D eigenvalue weighted by atomic mass is 10.2. The van der Waals surface area contributed by atoms with Gasteiger partial charge in [-0.1, -0.05) is 0 Å². The van der Waals surface area contributed by atoms with Crippen molar-refractivity contribution < 1.29 is 19.1 Å². The maximum absolute atomic E-state index is 11.0. The zero-order chi connectivity index (χ0) is 11.9. The van der Waals surface area contributed by atoms with E-state index in [1.807, 2.05) is 0 Å². The minimum absolute atomic E-state index is 0.137. The van der Waals surface area contributed by atoms with Gasteiger partial charge in [-0.2, -0.15) is 0 Å². The number of hydrogen-bond acceptors (Lipinski definition) is 2. The first-order valence-electron chi connectivity index (χ1n) is 4.36. The maximum atomic E-state index is 11.0. The highest BCUT2D eigenvalue weighted by Crippen LogP contribution is 2.34. The summed E-state index contributed by atoms with van der Waals surface area (Å²) < 4.78 is 11.0. The Morgan fingerprint density at radius 3 is 2.62 bits per heavy atom. The third-order valence-corrected chi connectivity index (χ3v) is 3.22. The minimum Gasteiger partial charge on any atom is -0.366 e. The fourth-order valence-corrected chi connectivity index (χ4v) is 2.06. The van der Waals surface area contributed by atoms with E-state index in [1.54, 1.807) is 0 Å². The molecular formula is C9H9N2O4P. The van der Waals surface area contributed by atoms with Crippen molar-refractivity contribution in [3.63, 3.8) is 0 Å². The van der Waals surface area contributed by atoms with Crippen LogP contribution in [0.1, 0.15) is 10.4 Å². The standard InChI is InChI=1S/C9H9N2O4P/c10-9(12)7-4-11-8-2-1-5(3-6(7)8)16(13,14)15/h1-4,11H,(H2,10,12)(H2,13,14,15). The number of carbonyl (C=O) groups excluding carboxylic acids is 1. The molecule has 1 aromatic heterocycles. The molecule has 6 nitrogen and oxygen atoms in total. The average Bonchev–Trinajstić information content (AvgIpc) is 2.58. The molecule has 0 radical (unpaired) electrons. The predicted octanol–water partition coefficient (Wildman–Crippen LogP) is 0.0698. The Bertz CT molecular complexity index is 613. The molecule has 0 atom stereocenters. The molecule has 84 valence electrons. The Kier molecular flexibility index (Phi) is 2.35. The number of aromatic nitrogens is 1. The number of carbonyl (C=O) groups is 1. The summed E-state index contributed by atoms with van der Waals surface area (Å²) >= 11 is 0. The summed E-state index contributed by atoms with van der Waals surface area (Å²) in [6, 6.07) is 4.08. The Hall–Kier alpha value is -1.62. The van der Waals surface area contributed by atoms with E-state index in [-0.39, 0.29) is 10.9 Å². The average molecular weight is 240 g/mol. The molecule has 2 rings (SSSR count). The molecular weight excluding hydrogens is 231 g/mol. The van der Waals surface area contributed by atoms with Crippen molar-refractivity contribution in [2.45, 2.75) is 0 Å². The van der Waals surface area contributed by atoms with Crippen LogP contribution in [0.2, 0.25) is 0 Å². The van der Waals surface area contributed by atoms with Crippen molar-refractivity contribution >= 4 is 29.7 Å². The van der Waals surface area contributed by atoms with E-state index >= 15 is 0 Å². The van der Waals surface area contributed by atoms with Crippen LogP contribution in [0.5, 0.6) is 0 Å². The van der Waals surface area contributed by atoms with E-state index in [9.17, 15) is 9.36 Å². The fourth-order valence-electron chi connectivity index (χ4n) is 1.49. The third-order valence-electron chi connectivity index (χ3n) is 2.27. The van der Waals surface area contributed by atoms with Gasteiger partial charge in [-0.3, -0.25) is 9.36 Å². The number of nitrogens with one attached hydrogen (secondary N) is 1. The van der Waals surface area contributed by atoms with E-state index in [1.165, 1.54) is 24.4 Å². The molecule has 0 bridgehead atoms. The molecule has 7 heteroatoms. The predicted molar refractivity (Wildman–Crippen MR) is 58.5 cm³/mol. The molecule has 16 heavy (non-hydrogen) atoms. The number of aromatic amines is 1. The smallest absolute Gasteiger partial charge is 0.356 e. The molecule has 0 saturated heterocycles. The summed E-state index contributed by atoms with van der Waals surface area (Å²) in [7, 11) is -4.31. The molecule has 0 spiro atoms. The van der Waals surface area contributed by atoms with Crippen LogP contribution < -0.4 is 11.0 Å². The Morgan fingerprint density at radius 2 is 2.06 bits per heavy atom. The Labute approximate surface area is 90.2 Å². The normalized spacial score (nSPS) is 11.9. The summed E-state index contributed by atoms with van der Waals surface area (Å²) in [5.41, 5.74) is 5.95. The van der Waals surface area contributed by atoms with Gasteiger partial charge in [-0.05, 0) is 18.2 Å². The second-order valence-electron chi connectivity index (χ2n) is 3.34. The van der Waals surface area contributed by atoms with Crippen LogP contribution in [-0.4, -0.2) is 20.7 Å². The molecule has 1 amide bonds. The van der Waals surface area contributed by atoms with Gasteiger partial charge in [0, 0.05) is 17.1 Å². The topological polar surface area (TPSA) is 116 Å². The van der Waals surface area contributed by atoms with Gasteiger partial charge in [0.25, 0.3) is 5.91 Å².